The Labute approximate surface area is 76.9 Å². The molecule has 0 radical (unpaired) electrons. The van der Waals surface area contributed by atoms with Crippen LogP contribution in [0.2, 0.25) is 0 Å². The summed E-state index contributed by atoms with van der Waals surface area (Å²) in [6, 6.07) is 3.59. The van der Waals surface area contributed by atoms with Gasteiger partial charge in [0.05, 0.1) is 13.0 Å². The first-order chi connectivity index (χ1) is 6.33. The lowest BCUT2D eigenvalue weighted by Crippen LogP contribution is -2.25. The zero-order valence-electron chi connectivity index (χ0n) is 7.49. The van der Waals surface area contributed by atoms with Crippen LogP contribution in [-0.2, 0) is 16.1 Å². The smallest absolute Gasteiger partial charge is 0.247 e. The minimum Gasteiger partial charge on any atom is -0.274 e. The summed E-state index contributed by atoms with van der Waals surface area (Å²) in [6.07, 6.45) is 3.63. The van der Waals surface area contributed by atoms with E-state index < -0.39 is 0 Å². The van der Waals surface area contributed by atoms with Crippen LogP contribution in [0.1, 0.15) is 12.5 Å². The molecule has 0 aliphatic heterocycles. The van der Waals surface area contributed by atoms with E-state index in [0.29, 0.717) is 13.0 Å². The Kier molecular flexibility index (Phi) is 3.92. The van der Waals surface area contributed by atoms with Gasteiger partial charge in [0.2, 0.25) is 5.91 Å². The first kappa shape index (κ1) is 9.67. The predicted octanol–water partition coefficient (Wildman–Crippen LogP) is 0.692. The van der Waals surface area contributed by atoms with Gasteiger partial charge in [-0.05, 0) is 24.6 Å². The van der Waals surface area contributed by atoms with Crippen LogP contribution in [0.3, 0.4) is 0 Å². The molecule has 0 bridgehead atoms. The normalized spacial score (nSPS) is 9.62. The Morgan fingerprint density at radius 3 is 2.85 bits per heavy atom. The van der Waals surface area contributed by atoms with E-state index in [9.17, 15) is 4.79 Å². The summed E-state index contributed by atoms with van der Waals surface area (Å²) < 4.78 is 0. The van der Waals surface area contributed by atoms with Crippen LogP contribution in [0, 0.1) is 0 Å². The van der Waals surface area contributed by atoms with Crippen molar-refractivity contribution in [3.63, 3.8) is 0 Å². The molecule has 4 nitrogen and oxygen atoms in total. The average molecular weight is 180 g/mol. The molecule has 1 amide bonds. The highest BCUT2D eigenvalue weighted by Gasteiger charge is 2.01. The van der Waals surface area contributed by atoms with E-state index in [2.05, 4.69) is 10.5 Å². The molecule has 4 heteroatoms. The molecule has 70 valence electrons. The van der Waals surface area contributed by atoms with Crippen molar-refractivity contribution < 1.29 is 9.63 Å². The van der Waals surface area contributed by atoms with Crippen LogP contribution in [-0.4, -0.2) is 17.5 Å². The molecule has 0 spiro atoms. The molecule has 1 heterocycles. The van der Waals surface area contributed by atoms with E-state index in [-0.39, 0.29) is 5.91 Å². The van der Waals surface area contributed by atoms with Gasteiger partial charge in [-0.1, -0.05) is 0 Å². The largest absolute Gasteiger partial charge is 0.274 e. The summed E-state index contributed by atoms with van der Waals surface area (Å²) in [6.45, 7) is 2.29. The molecule has 0 saturated carbocycles. The number of hydroxylamine groups is 1. The average Bonchev–Trinajstić information content (AvgIpc) is 2.16. The summed E-state index contributed by atoms with van der Waals surface area (Å²) in [7, 11) is 0. The van der Waals surface area contributed by atoms with Gasteiger partial charge in [-0.2, -0.15) is 0 Å². The zero-order valence-corrected chi connectivity index (χ0v) is 7.49. The third-order valence-electron chi connectivity index (χ3n) is 1.44. The van der Waals surface area contributed by atoms with E-state index >= 15 is 0 Å². The quantitative estimate of drug-likeness (QED) is 0.693. The fourth-order valence-electron chi connectivity index (χ4n) is 0.875. The van der Waals surface area contributed by atoms with Gasteiger partial charge in [0.1, 0.15) is 0 Å². The Morgan fingerprint density at radius 2 is 2.23 bits per heavy atom. The Balaban J connectivity index is 2.37. The van der Waals surface area contributed by atoms with Gasteiger partial charge < -0.3 is 0 Å². The van der Waals surface area contributed by atoms with Crippen LogP contribution in [0.5, 0.6) is 0 Å². The second-order valence-electron chi connectivity index (χ2n) is 2.49. The molecule has 1 rings (SSSR count). The highest BCUT2D eigenvalue weighted by molar-refractivity contribution is 5.77. The predicted molar refractivity (Wildman–Crippen MR) is 47.7 cm³/mol. The van der Waals surface area contributed by atoms with Gasteiger partial charge in [-0.3, -0.25) is 14.6 Å². The summed E-state index contributed by atoms with van der Waals surface area (Å²) in [5, 5.41) is 0. The molecule has 0 aromatic carbocycles. The molecule has 0 fully saturated rings. The van der Waals surface area contributed by atoms with Crippen molar-refractivity contribution in [1.29, 1.82) is 0 Å². The Hall–Kier alpha value is -1.42. The lowest BCUT2D eigenvalue weighted by molar-refractivity contribution is -0.132. The molecular weight excluding hydrogens is 168 g/mol. The molecule has 1 aromatic rings. The molecule has 0 unspecified atom stereocenters. The van der Waals surface area contributed by atoms with E-state index in [0.717, 1.165) is 5.56 Å². The second kappa shape index (κ2) is 5.27. The minimum absolute atomic E-state index is 0.145. The fourth-order valence-corrected chi connectivity index (χ4v) is 0.875. The molecule has 0 saturated heterocycles. The third kappa shape index (κ3) is 3.66. The van der Waals surface area contributed by atoms with E-state index in [1.807, 2.05) is 6.92 Å². The lowest BCUT2D eigenvalue weighted by Gasteiger charge is -2.02. The maximum atomic E-state index is 11.1. The highest BCUT2D eigenvalue weighted by Crippen LogP contribution is 1.96. The maximum Gasteiger partial charge on any atom is 0.247 e. The summed E-state index contributed by atoms with van der Waals surface area (Å²) >= 11 is 0. The SMILES string of the molecule is CCONC(=O)Cc1ccncc1. The van der Waals surface area contributed by atoms with Crippen molar-refractivity contribution in [1.82, 2.24) is 10.5 Å². The van der Waals surface area contributed by atoms with Crippen molar-refractivity contribution in [3.05, 3.63) is 30.1 Å². The summed E-state index contributed by atoms with van der Waals surface area (Å²) in [5.41, 5.74) is 3.24. The molecule has 13 heavy (non-hydrogen) atoms. The third-order valence-corrected chi connectivity index (χ3v) is 1.44. The van der Waals surface area contributed by atoms with Crippen LogP contribution < -0.4 is 5.48 Å². The van der Waals surface area contributed by atoms with Gasteiger partial charge in [-0.15, -0.1) is 0 Å². The number of nitrogens with zero attached hydrogens (tertiary/aromatic N) is 1. The first-order valence-electron chi connectivity index (χ1n) is 4.12. The summed E-state index contributed by atoms with van der Waals surface area (Å²) in [5.74, 6) is -0.145. The van der Waals surface area contributed by atoms with Crippen molar-refractivity contribution in [2.45, 2.75) is 13.3 Å². The number of carbonyl (C=O) groups is 1. The van der Waals surface area contributed by atoms with Gasteiger partial charge >= 0.3 is 0 Å². The number of hydrogen-bond donors (Lipinski definition) is 1. The molecule has 1 N–H and O–H groups in total. The first-order valence-corrected chi connectivity index (χ1v) is 4.12. The molecule has 0 atom stereocenters. The van der Waals surface area contributed by atoms with Gasteiger partial charge in [0.25, 0.3) is 0 Å². The van der Waals surface area contributed by atoms with Crippen molar-refractivity contribution >= 4 is 5.91 Å². The Morgan fingerprint density at radius 1 is 1.54 bits per heavy atom. The van der Waals surface area contributed by atoms with Crippen molar-refractivity contribution in [2.24, 2.45) is 0 Å². The lowest BCUT2D eigenvalue weighted by atomic mass is 10.2. The molecule has 0 aliphatic carbocycles. The fraction of sp³-hybridized carbons (Fsp3) is 0.333. The van der Waals surface area contributed by atoms with E-state index in [4.69, 9.17) is 4.84 Å². The molecule has 1 aromatic heterocycles. The van der Waals surface area contributed by atoms with Crippen LogP contribution >= 0.6 is 0 Å². The van der Waals surface area contributed by atoms with Crippen LogP contribution in [0.4, 0.5) is 0 Å². The topological polar surface area (TPSA) is 51.2 Å². The number of carbonyl (C=O) groups excluding carboxylic acids is 1. The number of rotatable bonds is 4. The van der Waals surface area contributed by atoms with Gasteiger partial charge in [0, 0.05) is 12.4 Å². The minimum atomic E-state index is -0.145. The van der Waals surface area contributed by atoms with Gasteiger partial charge in [0.15, 0.2) is 0 Å². The van der Waals surface area contributed by atoms with Crippen molar-refractivity contribution in [3.8, 4) is 0 Å². The van der Waals surface area contributed by atoms with E-state index in [1.165, 1.54) is 0 Å². The standard InChI is InChI=1S/C9H12N2O2/c1-2-13-11-9(12)7-8-3-5-10-6-4-8/h3-6H,2,7H2,1H3,(H,11,12). The number of aromatic nitrogens is 1. The number of nitrogens with one attached hydrogen (secondary N) is 1. The monoisotopic (exact) mass is 180 g/mol. The maximum absolute atomic E-state index is 11.1. The highest BCUT2D eigenvalue weighted by atomic mass is 16.6. The van der Waals surface area contributed by atoms with Crippen LogP contribution in [0.25, 0.3) is 0 Å². The van der Waals surface area contributed by atoms with Crippen molar-refractivity contribution in [2.75, 3.05) is 6.61 Å². The number of amides is 1. The molecular formula is C9H12N2O2. The number of hydrogen-bond acceptors (Lipinski definition) is 3. The van der Waals surface area contributed by atoms with E-state index in [1.54, 1.807) is 24.5 Å². The zero-order chi connectivity index (χ0) is 9.52. The summed E-state index contributed by atoms with van der Waals surface area (Å²) in [4.78, 5) is 19.7. The molecule has 0 aliphatic rings. The Bertz CT molecular complexity index is 262. The van der Waals surface area contributed by atoms with Crippen LogP contribution in [0.15, 0.2) is 24.5 Å². The second-order valence-corrected chi connectivity index (χ2v) is 2.49. The van der Waals surface area contributed by atoms with Gasteiger partial charge in [-0.25, -0.2) is 5.48 Å². The number of pyridine rings is 1.